The minimum Gasteiger partial charge on any atom is -0.480 e. The van der Waals surface area contributed by atoms with E-state index >= 15 is 0 Å². The lowest BCUT2D eigenvalue weighted by atomic mass is 10.0. The molecule has 1 aromatic heterocycles. The van der Waals surface area contributed by atoms with Crippen molar-refractivity contribution in [2.24, 2.45) is 10.7 Å². The van der Waals surface area contributed by atoms with Gasteiger partial charge in [0.1, 0.15) is 11.9 Å². The first-order chi connectivity index (χ1) is 10.3. The van der Waals surface area contributed by atoms with Crippen LogP contribution >= 0.6 is 0 Å². The summed E-state index contributed by atoms with van der Waals surface area (Å²) in [4.78, 5) is 19.4. The lowest BCUT2D eigenvalue weighted by Gasteiger charge is -2.26. The van der Waals surface area contributed by atoms with Gasteiger partial charge in [0.2, 0.25) is 5.62 Å². The third-order valence-electron chi connectivity index (χ3n) is 3.85. The van der Waals surface area contributed by atoms with E-state index in [1.54, 1.807) is 6.07 Å². The van der Waals surface area contributed by atoms with E-state index < -0.39 is 12.0 Å². The number of nitrogens with zero attached hydrogens (tertiary/aromatic N) is 3. The Balaban J connectivity index is 2.75. The van der Waals surface area contributed by atoms with E-state index in [-0.39, 0.29) is 5.54 Å². The van der Waals surface area contributed by atoms with E-state index in [0.717, 1.165) is 19.3 Å². The number of hydrogen-bond donors (Lipinski definition) is 3. The van der Waals surface area contributed by atoms with Crippen LogP contribution in [0.15, 0.2) is 17.3 Å². The number of anilines is 1. The molecular formula is C15H27N5O2. The summed E-state index contributed by atoms with van der Waals surface area (Å²) in [5, 5.41) is 8.72. The van der Waals surface area contributed by atoms with Gasteiger partial charge in [0.15, 0.2) is 0 Å². The van der Waals surface area contributed by atoms with Gasteiger partial charge in [-0.2, -0.15) is 4.98 Å². The number of nitrogens with two attached hydrogens (primary N) is 2. The molecule has 0 aliphatic carbocycles. The second-order valence-electron chi connectivity index (χ2n) is 6.01. The number of carboxylic acids is 1. The van der Waals surface area contributed by atoms with Crippen molar-refractivity contribution in [1.29, 1.82) is 0 Å². The fraction of sp³-hybridized carbons (Fsp3) is 0.667. The van der Waals surface area contributed by atoms with Gasteiger partial charge in [0, 0.05) is 18.3 Å². The highest BCUT2D eigenvalue weighted by atomic mass is 16.4. The van der Waals surface area contributed by atoms with E-state index in [2.05, 4.69) is 30.7 Å². The van der Waals surface area contributed by atoms with Crippen molar-refractivity contribution in [2.45, 2.75) is 58.0 Å². The maximum absolute atomic E-state index is 10.6. The molecule has 0 saturated carbocycles. The van der Waals surface area contributed by atoms with Crippen LogP contribution in [0.3, 0.4) is 0 Å². The van der Waals surface area contributed by atoms with E-state index in [9.17, 15) is 4.79 Å². The van der Waals surface area contributed by atoms with Gasteiger partial charge in [-0.05, 0) is 45.6 Å². The first-order valence-electron chi connectivity index (χ1n) is 7.62. The van der Waals surface area contributed by atoms with Gasteiger partial charge in [0.05, 0.1) is 0 Å². The minimum atomic E-state index is -0.961. The second-order valence-corrected chi connectivity index (χ2v) is 6.01. The van der Waals surface area contributed by atoms with Crippen LogP contribution < -0.4 is 17.1 Å². The van der Waals surface area contributed by atoms with Crippen molar-refractivity contribution >= 4 is 11.8 Å². The smallest absolute Gasteiger partial charge is 0.320 e. The molecule has 5 N–H and O–H groups in total. The van der Waals surface area contributed by atoms with Crippen LogP contribution in [0.2, 0.25) is 0 Å². The van der Waals surface area contributed by atoms with Crippen LogP contribution in [0.4, 0.5) is 5.82 Å². The first kappa shape index (κ1) is 18.2. The Kier molecular flexibility index (Phi) is 6.55. The summed E-state index contributed by atoms with van der Waals surface area (Å²) in [7, 11) is 0. The van der Waals surface area contributed by atoms with Crippen LogP contribution in [-0.4, -0.2) is 33.2 Å². The standard InChI is InChI=1S/C15H27N5O2/c1-4-15(2,3)20-10-8-12(17)19-14(20)18-9-6-5-7-11(16)13(21)22/h8,10-11H,4-7,9,16H2,1-3H3,(H,21,22)(H2,17,18,19). The number of hydrogen-bond acceptors (Lipinski definition) is 5. The summed E-state index contributed by atoms with van der Waals surface area (Å²) in [6.07, 6.45) is 4.79. The van der Waals surface area contributed by atoms with Crippen molar-refractivity contribution in [3.05, 3.63) is 17.9 Å². The molecule has 0 bridgehead atoms. The number of aromatic nitrogens is 2. The zero-order valence-corrected chi connectivity index (χ0v) is 13.6. The average molecular weight is 309 g/mol. The van der Waals surface area contributed by atoms with Gasteiger partial charge in [-0.3, -0.25) is 9.79 Å². The molecule has 1 heterocycles. The molecule has 0 amide bonds. The Morgan fingerprint density at radius 1 is 1.50 bits per heavy atom. The summed E-state index contributed by atoms with van der Waals surface area (Å²) in [6, 6.07) is 0.969. The zero-order valence-electron chi connectivity index (χ0n) is 13.6. The van der Waals surface area contributed by atoms with Crippen molar-refractivity contribution in [1.82, 2.24) is 9.55 Å². The largest absolute Gasteiger partial charge is 0.480 e. The SMILES string of the molecule is CCC(C)(C)n1ccc(N)nc1=NCCCCC(N)C(=O)O. The molecule has 0 radical (unpaired) electrons. The van der Waals surface area contributed by atoms with Gasteiger partial charge >= 0.3 is 5.97 Å². The van der Waals surface area contributed by atoms with Crippen LogP contribution in [0, 0.1) is 0 Å². The lowest BCUT2D eigenvalue weighted by molar-refractivity contribution is -0.138. The molecule has 1 aromatic rings. The second kappa shape index (κ2) is 7.93. The van der Waals surface area contributed by atoms with Crippen LogP contribution in [0.25, 0.3) is 0 Å². The maximum atomic E-state index is 10.6. The highest BCUT2D eigenvalue weighted by Crippen LogP contribution is 2.16. The molecule has 1 rings (SSSR count). The van der Waals surface area contributed by atoms with Crippen molar-refractivity contribution < 1.29 is 9.90 Å². The third-order valence-corrected chi connectivity index (χ3v) is 3.85. The monoisotopic (exact) mass is 309 g/mol. The Bertz CT molecular complexity index is 565. The van der Waals surface area contributed by atoms with Gasteiger partial charge < -0.3 is 21.1 Å². The predicted molar refractivity (Wildman–Crippen MR) is 86.1 cm³/mol. The number of nitrogen functional groups attached to an aromatic ring is 1. The molecule has 0 aromatic carbocycles. The molecule has 7 nitrogen and oxygen atoms in total. The Morgan fingerprint density at radius 2 is 2.18 bits per heavy atom. The Hall–Kier alpha value is -1.89. The summed E-state index contributed by atoms with van der Waals surface area (Å²) in [5.41, 5.74) is 11.7. The average Bonchev–Trinajstić information content (AvgIpc) is 2.46. The molecule has 1 atom stereocenters. The fourth-order valence-corrected chi connectivity index (χ4v) is 1.96. The van der Waals surface area contributed by atoms with Crippen LogP contribution in [0.5, 0.6) is 0 Å². The third kappa shape index (κ3) is 5.14. The summed E-state index contributed by atoms with van der Waals surface area (Å²) >= 11 is 0. The molecule has 124 valence electrons. The highest BCUT2D eigenvalue weighted by molar-refractivity contribution is 5.72. The zero-order chi connectivity index (χ0) is 16.8. The quantitative estimate of drug-likeness (QED) is 0.621. The van der Waals surface area contributed by atoms with Gasteiger partial charge in [-0.1, -0.05) is 6.92 Å². The maximum Gasteiger partial charge on any atom is 0.320 e. The van der Waals surface area contributed by atoms with E-state index in [1.807, 2.05) is 10.8 Å². The lowest BCUT2D eigenvalue weighted by Crippen LogP contribution is -2.38. The number of unbranched alkanes of at least 4 members (excludes halogenated alkanes) is 1. The number of rotatable bonds is 8. The van der Waals surface area contributed by atoms with Gasteiger partial charge in [0.25, 0.3) is 0 Å². The number of carbonyl (C=O) groups is 1. The molecule has 0 saturated heterocycles. The fourth-order valence-electron chi connectivity index (χ4n) is 1.96. The van der Waals surface area contributed by atoms with Gasteiger partial charge in [-0.15, -0.1) is 0 Å². The van der Waals surface area contributed by atoms with E-state index in [4.69, 9.17) is 16.6 Å². The molecule has 7 heteroatoms. The summed E-state index contributed by atoms with van der Waals surface area (Å²) in [5.74, 6) is -0.522. The first-order valence-corrected chi connectivity index (χ1v) is 7.62. The molecular weight excluding hydrogens is 282 g/mol. The Morgan fingerprint density at radius 3 is 2.77 bits per heavy atom. The highest BCUT2D eigenvalue weighted by Gasteiger charge is 2.18. The topological polar surface area (TPSA) is 120 Å². The molecule has 1 unspecified atom stereocenters. The van der Waals surface area contributed by atoms with Crippen LogP contribution in [-0.2, 0) is 10.3 Å². The Labute approximate surface area is 131 Å². The van der Waals surface area contributed by atoms with Crippen LogP contribution in [0.1, 0.15) is 46.5 Å². The predicted octanol–water partition coefficient (Wildman–Crippen LogP) is 1.09. The molecule has 0 aliphatic heterocycles. The van der Waals surface area contributed by atoms with E-state index in [1.165, 1.54) is 0 Å². The summed E-state index contributed by atoms with van der Waals surface area (Å²) in [6.45, 7) is 6.93. The number of aliphatic carboxylic acids is 1. The van der Waals surface area contributed by atoms with Crippen molar-refractivity contribution in [2.75, 3.05) is 12.3 Å². The molecule has 0 aliphatic rings. The summed E-state index contributed by atoms with van der Waals surface area (Å²) < 4.78 is 2.02. The minimum absolute atomic E-state index is 0.0921. The normalized spacial score (nSPS) is 14.1. The van der Waals surface area contributed by atoms with Crippen molar-refractivity contribution in [3.63, 3.8) is 0 Å². The van der Waals surface area contributed by atoms with Gasteiger partial charge in [-0.25, -0.2) is 0 Å². The molecule has 0 spiro atoms. The van der Waals surface area contributed by atoms with Crippen molar-refractivity contribution in [3.8, 4) is 0 Å². The van der Waals surface area contributed by atoms with E-state index in [0.29, 0.717) is 24.4 Å². The number of carboxylic acid groups (broad SMARTS) is 1. The molecule has 0 fully saturated rings. The molecule has 22 heavy (non-hydrogen) atoms.